The summed E-state index contributed by atoms with van der Waals surface area (Å²) in [6.07, 6.45) is 0. The zero-order chi connectivity index (χ0) is 14.7. The summed E-state index contributed by atoms with van der Waals surface area (Å²) in [5.74, 6) is 0. The summed E-state index contributed by atoms with van der Waals surface area (Å²) in [7, 11) is 0. The van der Waals surface area contributed by atoms with Crippen LogP contribution in [0.1, 0.15) is 5.56 Å². The van der Waals surface area contributed by atoms with E-state index in [-0.39, 0.29) is 6.03 Å². The lowest BCUT2D eigenvalue weighted by Gasteiger charge is -2.07. The SMILES string of the molecule is N#Cc1ccc(NC(=O)Nc2ccc3nsnc3c2)cc1. The highest BCUT2D eigenvalue weighted by atomic mass is 32.1. The highest BCUT2D eigenvalue weighted by Gasteiger charge is 2.05. The van der Waals surface area contributed by atoms with Crippen LogP contribution < -0.4 is 10.6 Å². The first-order valence-corrected chi connectivity index (χ1v) is 6.78. The van der Waals surface area contributed by atoms with E-state index in [1.165, 1.54) is 0 Å². The van der Waals surface area contributed by atoms with E-state index in [0.717, 1.165) is 22.8 Å². The van der Waals surface area contributed by atoms with Gasteiger partial charge in [0.2, 0.25) is 0 Å². The second-order valence-electron chi connectivity index (χ2n) is 4.24. The van der Waals surface area contributed by atoms with Crippen molar-refractivity contribution in [3.8, 4) is 6.07 Å². The number of fused-ring (bicyclic) bond motifs is 1. The molecule has 102 valence electrons. The van der Waals surface area contributed by atoms with Gasteiger partial charge in [-0.25, -0.2) is 4.79 Å². The number of hydrogen-bond donors (Lipinski definition) is 2. The van der Waals surface area contributed by atoms with Gasteiger partial charge in [-0.15, -0.1) is 0 Å². The van der Waals surface area contributed by atoms with E-state index in [4.69, 9.17) is 5.26 Å². The molecule has 0 atom stereocenters. The van der Waals surface area contributed by atoms with Crippen molar-refractivity contribution in [1.82, 2.24) is 8.75 Å². The third-order valence-corrected chi connectivity index (χ3v) is 3.34. The van der Waals surface area contributed by atoms with Crippen molar-refractivity contribution in [2.24, 2.45) is 0 Å². The number of hydrogen-bond acceptors (Lipinski definition) is 5. The van der Waals surface area contributed by atoms with Crippen LogP contribution in [-0.4, -0.2) is 14.8 Å². The minimum atomic E-state index is -0.359. The number of carbonyl (C=O) groups is 1. The first-order valence-electron chi connectivity index (χ1n) is 6.05. The van der Waals surface area contributed by atoms with Gasteiger partial charge in [0.1, 0.15) is 11.0 Å². The van der Waals surface area contributed by atoms with E-state index < -0.39 is 0 Å². The minimum absolute atomic E-state index is 0.359. The average Bonchev–Trinajstić information content (AvgIpc) is 2.95. The Morgan fingerprint density at radius 1 is 1.00 bits per heavy atom. The van der Waals surface area contributed by atoms with E-state index in [2.05, 4.69) is 19.4 Å². The van der Waals surface area contributed by atoms with E-state index in [0.29, 0.717) is 16.9 Å². The predicted octanol–water partition coefficient (Wildman–Crippen LogP) is 3.21. The standard InChI is InChI=1S/C14H9N5OS/c15-8-9-1-3-10(4-2-9)16-14(20)17-11-5-6-12-13(7-11)19-21-18-12/h1-7H,(H2,16,17,20). The Labute approximate surface area is 124 Å². The highest BCUT2D eigenvalue weighted by molar-refractivity contribution is 7.00. The number of benzene rings is 2. The zero-order valence-corrected chi connectivity index (χ0v) is 11.5. The van der Waals surface area contributed by atoms with Gasteiger partial charge in [-0.3, -0.25) is 0 Å². The second kappa shape index (κ2) is 5.56. The van der Waals surface area contributed by atoms with Crippen molar-refractivity contribution in [3.05, 3.63) is 48.0 Å². The van der Waals surface area contributed by atoms with Gasteiger partial charge in [-0.05, 0) is 42.5 Å². The smallest absolute Gasteiger partial charge is 0.308 e. The minimum Gasteiger partial charge on any atom is -0.308 e. The summed E-state index contributed by atoms with van der Waals surface area (Å²) in [4.78, 5) is 11.9. The molecule has 1 aromatic heterocycles. The molecule has 1 heterocycles. The first kappa shape index (κ1) is 13.0. The maximum absolute atomic E-state index is 11.9. The van der Waals surface area contributed by atoms with Gasteiger partial charge in [-0.2, -0.15) is 14.0 Å². The Balaban J connectivity index is 1.69. The molecule has 0 aliphatic rings. The Morgan fingerprint density at radius 3 is 2.43 bits per heavy atom. The largest absolute Gasteiger partial charge is 0.323 e. The number of aromatic nitrogens is 2. The molecule has 2 amide bonds. The number of nitriles is 1. The fourth-order valence-corrected chi connectivity index (χ4v) is 2.30. The number of amides is 2. The van der Waals surface area contributed by atoms with Crippen molar-refractivity contribution in [3.63, 3.8) is 0 Å². The van der Waals surface area contributed by atoms with Crippen LogP contribution in [0.3, 0.4) is 0 Å². The van der Waals surface area contributed by atoms with Crippen LogP contribution >= 0.6 is 11.7 Å². The monoisotopic (exact) mass is 295 g/mol. The molecule has 2 N–H and O–H groups in total. The van der Waals surface area contributed by atoms with Crippen LogP contribution in [0.2, 0.25) is 0 Å². The molecule has 0 saturated heterocycles. The lowest BCUT2D eigenvalue weighted by atomic mass is 10.2. The van der Waals surface area contributed by atoms with Crippen LogP contribution in [0, 0.1) is 11.3 Å². The Hall–Kier alpha value is -2.98. The molecule has 0 spiro atoms. The van der Waals surface area contributed by atoms with E-state index in [1.807, 2.05) is 6.07 Å². The second-order valence-corrected chi connectivity index (χ2v) is 4.76. The van der Waals surface area contributed by atoms with Gasteiger partial charge in [-0.1, -0.05) is 0 Å². The van der Waals surface area contributed by atoms with Gasteiger partial charge in [0, 0.05) is 11.4 Å². The molecule has 21 heavy (non-hydrogen) atoms. The molecule has 3 aromatic rings. The fourth-order valence-electron chi connectivity index (χ4n) is 1.78. The Bertz CT molecular complexity index is 834. The van der Waals surface area contributed by atoms with Crippen LogP contribution in [0.4, 0.5) is 16.2 Å². The molecule has 2 aromatic carbocycles. The number of carbonyl (C=O) groups excluding carboxylic acids is 1. The average molecular weight is 295 g/mol. The molecule has 6 nitrogen and oxygen atoms in total. The molecule has 0 fully saturated rings. The van der Waals surface area contributed by atoms with Crippen molar-refractivity contribution in [2.75, 3.05) is 10.6 Å². The molecule has 0 radical (unpaired) electrons. The zero-order valence-electron chi connectivity index (χ0n) is 10.7. The third-order valence-electron chi connectivity index (χ3n) is 2.78. The molecular weight excluding hydrogens is 286 g/mol. The van der Waals surface area contributed by atoms with Crippen LogP contribution in [0.15, 0.2) is 42.5 Å². The van der Waals surface area contributed by atoms with E-state index in [9.17, 15) is 4.79 Å². The topological polar surface area (TPSA) is 90.7 Å². The summed E-state index contributed by atoms with van der Waals surface area (Å²) >= 11 is 1.13. The number of nitrogens with one attached hydrogen (secondary N) is 2. The Morgan fingerprint density at radius 2 is 1.67 bits per heavy atom. The summed E-state index contributed by atoms with van der Waals surface area (Å²) in [6, 6.07) is 13.6. The van der Waals surface area contributed by atoms with Crippen molar-refractivity contribution >= 4 is 40.2 Å². The van der Waals surface area contributed by atoms with Crippen LogP contribution in [0.25, 0.3) is 11.0 Å². The summed E-state index contributed by atoms with van der Waals surface area (Å²) < 4.78 is 8.22. The Kier molecular flexibility index (Phi) is 3.45. The first-order chi connectivity index (χ1) is 10.2. The summed E-state index contributed by atoms with van der Waals surface area (Å²) in [5, 5.41) is 14.1. The van der Waals surface area contributed by atoms with Crippen molar-refractivity contribution in [2.45, 2.75) is 0 Å². The normalized spacial score (nSPS) is 10.0. The van der Waals surface area contributed by atoms with Crippen LogP contribution in [-0.2, 0) is 0 Å². The van der Waals surface area contributed by atoms with E-state index in [1.54, 1.807) is 42.5 Å². The number of nitrogens with zero attached hydrogens (tertiary/aromatic N) is 3. The molecule has 0 aliphatic carbocycles. The number of rotatable bonds is 2. The molecule has 0 unspecified atom stereocenters. The van der Waals surface area contributed by atoms with Gasteiger partial charge < -0.3 is 10.6 Å². The lowest BCUT2D eigenvalue weighted by molar-refractivity contribution is 0.262. The fraction of sp³-hybridized carbons (Fsp3) is 0. The van der Waals surface area contributed by atoms with Gasteiger partial charge in [0.25, 0.3) is 0 Å². The summed E-state index contributed by atoms with van der Waals surface area (Å²) in [5.41, 5.74) is 3.35. The van der Waals surface area contributed by atoms with E-state index >= 15 is 0 Å². The van der Waals surface area contributed by atoms with Gasteiger partial charge >= 0.3 is 6.03 Å². The summed E-state index contributed by atoms with van der Waals surface area (Å²) in [6.45, 7) is 0. The third kappa shape index (κ3) is 2.96. The van der Waals surface area contributed by atoms with Crippen molar-refractivity contribution in [1.29, 1.82) is 5.26 Å². The maximum atomic E-state index is 11.9. The number of anilines is 2. The molecule has 3 rings (SSSR count). The quantitative estimate of drug-likeness (QED) is 0.759. The molecule has 0 bridgehead atoms. The van der Waals surface area contributed by atoms with Crippen molar-refractivity contribution < 1.29 is 4.79 Å². The highest BCUT2D eigenvalue weighted by Crippen LogP contribution is 2.17. The lowest BCUT2D eigenvalue weighted by Crippen LogP contribution is -2.19. The maximum Gasteiger partial charge on any atom is 0.323 e. The van der Waals surface area contributed by atoms with Gasteiger partial charge in [0.05, 0.1) is 23.4 Å². The molecule has 0 aliphatic heterocycles. The number of urea groups is 1. The molecule has 0 saturated carbocycles. The predicted molar refractivity (Wildman–Crippen MR) is 81.2 cm³/mol. The molecular formula is C14H9N5OS. The van der Waals surface area contributed by atoms with Gasteiger partial charge in [0.15, 0.2) is 0 Å². The van der Waals surface area contributed by atoms with Crippen LogP contribution in [0.5, 0.6) is 0 Å². The molecule has 7 heteroatoms.